The Bertz CT molecular complexity index is 1260. The van der Waals surface area contributed by atoms with Gasteiger partial charge in [0.25, 0.3) is 0 Å². The summed E-state index contributed by atoms with van der Waals surface area (Å²) in [6.45, 7) is 0.174. The molecular formula is C23H17Cl2NO4. The van der Waals surface area contributed by atoms with Gasteiger partial charge >= 0.3 is 0 Å². The smallest absolute Gasteiger partial charge is 0.202 e. The fourth-order valence-corrected chi connectivity index (χ4v) is 3.64. The van der Waals surface area contributed by atoms with Crippen LogP contribution in [0, 0.1) is 0 Å². The van der Waals surface area contributed by atoms with Gasteiger partial charge in [-0.25, -0.2) is 0 Å². The first-order chi connectivity index (χ1) is 14.5. The van der Waals surface area contributed by atoms with Gasteiger partial charge in [0, 0.05) is 21.7 Å². The van der Waals surface area contributed by atoms with E-state index in [1.807, 2.05) is 0 Å². The molecule has 4 aromatic rings. The summed E-state index contributed by atoms with van der Waals surface area (Å²) in [4.78, 5) is 13.0. The number of fused-ring (bicyclic) bond motifs is 1. The molecule has 0 aliphatic rings. The van der Waals surface area contributed by atoms with Crippen LogP contribution in [-0.4, -0.2) is 7.11 Å². The molecule has 0 bridgehead atoms. The zero-order valence-electron chi connectivity index (χ0n) is 15.9. The van der Waals surface area contributed by atoms with E-state index in [9.17, 15) is 4.79 Å². The molecule has 7 heteroatoms. The van der Waals surface area contributed by atoms with Crippen LogP contribution < -0.4 is 20.6 Å². The summed E-state index contributed by atoms with van der Waals surface area (Å²) in [6.07, 6.45) is 0. The minimum atomic E-state index is -0.223. The second-order valence-electron chi connectivity index (χ2n) is 6.55. The molecule has 0 saturated heterocycles. The van der Waals surface area contributed by atoms with Crippen LogP contribution in [0.25, 0.3) is 22.1 Å². The van der Waals surface area contributed by atoms with E-state index in [1.54, 1.807) is 67.8 Å². The van der Waals surface area contributed by atoms with Gasteiger partial charge in [0.2, 0.25) is 11.3 Å². The molecule has 3 aromatic carbocycles. The molecule has 0 aliphatic carbocycles. The number of nitrogen functional groups attached to an aromatic ring is 1. The first-order valence-corrected chi connectivity index (χ1v) is 9.80. The zero-order valence-corrected chi connectivity index (χ0v) is 17.5. The summed E-state index contributed by atoms with van der Waals surface area (Å²) >= 11 is 12.4. The second-order valence-corrected chi connectivity index (χ2v) is 7.36. The molecule has 0 atom stereocenters. The van der Waals surface area contributed by atoms with E-state index in [0.29, 0.717) is 49.2 Å². The quantitative estimate of drug-likeness (QED) is 0.414. The SMILES string of the molecule is COc1ccc(-c2c(N)oc3cc(OCc4c(Cl)cccc4Cl)ccc3c2=O)cc1. The van der Waals surface area contributed by atoms with Crippen molar-refractivity contribution < 1.29 is 13.9 Å². The number of halogens is 2. The Balaban J connectivity index is 1.68. The normalized spacial score (nSPS) is 10.9. The van der Waals surface area contributed by atoms with E-state index in [1.165, 1.54) is 0 Å². The molecule has 5 nitrogen and oxygen atoms in total. The summed E-state index contributed by atoms with van der Waals surface area (Å²) in [5.41, 5.74) is 7.81. The number of anilines is 1. The molecule has 0 spiro atoms. The first kappa shape index (κ1) is 20.1. The van der Waals surface area contributed by atoms with Crippen molar-refractivity contribution in [3.8, 4) is 22.6 Å². The maximum Gasteiger partial charge on any atom is 0.202 e. The van der Waals surface area contributed by atoms with Crippen molar-refractivity contribution in [2.24, 2.45) is 0 Å². The minimum Gasteiger partial charge on any atom is -0.497 e. The van der Waals surface area contributed by atoms with E-state index in [4.69, 9.17) is 42.8 Å². The van der Waals surface area contributed by atoms with Crippen molar-refractivity contribution in [2.45, 2.75) is 6.61 Å². The topological polar surface area (TPSA) is 74.7 Å². The third-order valence-corrected chi connectivity index (χ3v) is 5.42. The van der Waals surface area contributed by atoms with Gasteiger partial charge in [-0.05, 0) is 42.0 Å². The molecule has 4 rings (SSSR count). The molecule has 1 heterocycles. The predicted octanol–water partition coefficient (Wildman–Crippen LogP) is 5.94. The van der Waals surface area contributed by atoms with Crippen LogP contribution >= 0.6 is 23.2 Å². The third kappa shape index (κ3) is 3.82. The number of rotatable bonds is 5. The first-order valence-electron chi connectivity index (χ1n) is 9.04. The lowest BCUT2D eigenvalue weighted by molar-refractivity contribution is 0.306. The number of benzene rings is 3. The molecule has 0 aliphatic heterocycles. The summed E-state index contributed by atoms with van der Waals surface area (Å²) in [5, 5.41) is 1.43. The molecule has 2 N–H and O–H groups in total. The Kier molecular flexibility index (Phi) is 5.57. The molecule has 30 heavy (non-hydrogen) atoms. The number of nitrogens with two attached hydrogens (primary N) is 1. The lowest BCUT2D eigenvalue weighted by Crippen LogP contribution is -2.09. The molecule has 0 fully saturated rings. The fraction of sp³-hybridized carbons (Fsp3) is 0.0870. The van der Waals surface area contributed by atoms with Crippen molar-refractivity contribution in [3.05, 3.63) is 86.5 Å². The van der Waals surface area contributed by atoms with Crippen LogP contribution in [0.3, 0.4) is 0 Å². The van der Waals surface area contributed by atoms with Gasteiger partial charge < -0.3 is 19.6 Å². The lowest BCUT2D eigenvalue weighted by Gasteiger charge is -2.11. The Morgan fingerprint density at radius 2 is 1.63 bits per heavy atom. The van der Waals surface area contributed by atoms with Crippen LogP contribution in [0.5, 0.6) is 11.5 Å². The monoisotopic (exact) mass is 441 g/mol. The summed E-state index contributed by atoms with van der Waals surface area (Å²) in [6, 6.07) is 17.3. The van der Waals surface area contributed by atoms with Gasteiger partial charge in [0.05, 0.1) is 18.1 Å². The van der Waals surface area contributed by atoms with Crippen LogP contribution in [0.4, 0.5) is 5.88 Å². The number of hydrogen-bond acceptors (Lipinski definition) is 5. The highest BCUT2D eigenvalue weighted by atomic mass is 35.5. The maximum atomic E-state index is 13.0. The minimum absolute atomic E-state index is 0.0314. The average Bonchev–Trinajstić information content (AvgIpc) is 2.73. The highest BCUT2D eigenvalue weighted by Crippen LogP contribution is 2.30. The van der Waals surface area contributed by atoms with E-state index >= 15 is 0 Å². The van der Waals surface area contributed by atoms with Gasteiger partial charge in [-0.15, -0.1) is 0 Å². The van der Waals surface area contributed by atoms with Crippen molar-refractivity contribution >= 4 is 40.1 Å². The van der Waals surface area contributed by atoms with Crippen LogP contribution in [0.1, 0.15) is 5.56 Å². The van der Waals surface area contributed by atoms with Crippen LogP contribution in [-0.2, 0) is 6.61 Å². The Morgan fingerprint density at radius 1 is 0.967 bits per heavy atom. The van der Waals surface area contributed by atoms with Crippen LogP contribution in [0.2, 0.25) is 10.0 Å². The lowest BCUT2D eigenvalue weighted by atomic mass is 10.0. The summed E-state index contributed by atoms with van der Waals surface area (Å²) in [7, 11) is 1.58. The Morgan fingerprint density at radius 3 is 2.30 bits per heavy atom. The van der Waals surface area contributed by atoms with Gasteiger partial charge in [-0.3, -0.25) is 4.79 Å². The van der Waals surface area contributed by atoms with E-state index in [0.717, 1.165) is 0 Å². The van der Waals surface area contributed by atoms with Gasteiger partial charge in [-0.2, -0.15) is 0 Å². The Labute approximate surface area is 182 Å². The molecule has 0 unspecified atom stereocenters. The fourth-order valence-electron chi connectivity index (χ4n) is 3.14. The second kappa shape index (κ2) is 8.30. The molecule has 0 saturated carbocycles. The number of methoxy groups -OCH3 is 1. The van der Waals surface area contributed by atoms with Gasteiger partial charge in [0.1, 0.15) is 23.7 Å². The van der Waals surface area contributed by atoms with Crippen molar-refractivity contribution in [2.75, 3.05) is 12.8 Å². The third-order valence-electron chi connectivity index (χ3n) is 4.71. The molecule has 1 aromatic heterocycles. The summed E-state index contributed by atoms with van der Waals surface area (Å²) in [5.74, 6) is 1.21. The van der Waals surface area contributed by atoms with Gasteiger partial charge in [0.15, 0.2) is 0 Å². The highest BCUT2D eigenvalue weighted by Gasteiger charge is 2.15. The maximum absolute atomic E-state index is 13.0. The van der Waals surface area contributed by atoms with Gasteiger partial charge in [-0.1, -0.05) is 41.4 Å². The van der Waals surface area contributed by atoms with E-state index < -0.39 is 0 Å². The number of hydrogen-bond donors (Lipinski definition) is 1. The van der Waals surface area contributed by atoms with Crippen molar-refractivity contribution in [3.63, 3.8) is 0 Å². The van der Waals surface area contributed by atoms with E-state index in [-0.39, 0.29) is 17.9 Å². The molecule has 0 radical (unpaired) electrons. The van der Waals surface area contributed by atoms with Crippen molar-refractivity contribution in [1.29, 1.82) is 0 Å². The molecule has 0 amide bonds. The largest absolute Gasteiger partial charge is 0.497 e. The zero-order chi connectivity index (χ0) is 21.3. The standard InChI is InChI=1S/C23H17Cl2NO4/c1-28-14-7-5-13(6-8-14)21-22(27)16-10-9-15(11-20(16)30-23(21)26)29-12-17-18(24)3-2-4-19(17)25/h2-11H,12,26H2,1H3. The predicted molar refractivity (Wildman–Crippen MR) is 120 cm³/mol. The van der Waals surface area contributed by atoms with E-state index in [2.05, 4.69) is 0 Å². The highest BCUT2D eigenvalue weighted by molar-refractivity contribution is 6.35. The van der Waals surface area contributed by atoms with Crippen molar-refractivity contribution in [1.82, 2.24) is 0 Å². The molecular weight excluding hydrogens is 425 g/mol. The number of ether oxygens (including phenoxy) is 2. The summed E-state index contributed by atoms with van der Waals surface area (Å²) < 4.78 is 16.7. The molecule has 152 valence electrons. The van der Waals surface area contributed by atoms with Crippen LogP contribution in [0.15, 0.2) is 69.9 Å². The average molecular weight is 442 g/mol. The Hall–Kier alpha value is -3.15.